The molecule has 2 amide bonds. The molecule has 0 bridgehead atoms. The number of nitrogens with one attached hydrogen (secondary N) is 2. The maximum Gasteiger partial charge on any atom is 0.265 e. The topological polar surface area (TPSA) is 76.7 Å². The summed E-state index contributed by atoms with van der Waals surface area (Å²) in [6.45, 7) is 3.57. The van der Waals surface area contributed by atoms with Crippen LogP contribution in [0.5, 0.6) is 11.5 Å². The molecule has 6 nitrogen and oxygen atoms in total. The molecule has 6 heteroatoms. The first kappa shape index (κ1) is 20.9. The minimum Gasteiger partial charge on any atom is -0.497 e. The van der Waals surface area contributed by atoms with E-state index in [9.17, 15) is 9.59 Å². The number of anilines is 2. The van der Waals surface area contributed by atoms with E-state index in [1.54, 1.807) is 68.6 Å². The average molecular weight is 404 g/mol. The summed E-state index contributed by atoms with van der Waals surface area (Å²) in [7, 11) is 1.59. The smallest absolute Gasteiger partial charge is 0.265 e. The fourth-order valence-corrected chi connectivity index (χ4v) is 2.82. The first-order chi connectivity index (χ1) is 14.5. The highest BCUT2D eigenvalue weighted by molar-refractivity contribution is 6.05. The zero-order valence-electron chi connectivity index (χ0n) is 17.1. The van der Waals surface area contributed by atoms with Gasteiger partial charge in [-0.25, -0.2) is 0 Å². The second-order valence-electron chi connectivity index (χ2n) is 6.77. The molecule has 0 unspecified atom stereocenters. The zero-order valence-corrected chi connectivity index (χ0v) is 17.1. The highest BCUT2D eigenvalue weighted by Gasteiger charge is 2.15. The van der Waals surface area contributed by atoms with Gasteiger partial charge in [-0.1, -0.05) is 18.2 Å². The molecule has 0 saturated carbocycles. The van der Waals surface area contributed by atoms with Crippen LogP contribution >= 0.6 is 0 Å². The number of aryl methyl sites for hydroxylation is 1. The molecule has 0 heterocycles. The third kappa shape index (κ3) is 5.38. The van der Waals surface area contributed by atoms with Crippen LogP contribution in [0.3, 0.4) is 0 Å². The maximum absolute atomic E-state index is 12.4. The van der Waals surface area contributed by atoms with Gasteiger partial charge in [0.2, 0.25) is 0 Å². The predicted octanol–water partition coefficient (Wildman–Crippen LogP) is 4.66. The summed E-state index contributed by atoms with van der Waals surface area (Å²) in [6.07, 6.45) is -0.682. The molecule has 0 aromatic heterocycles. The Morgan fingerprint density at radius 1 is 0.800 bits per heavy atom. The Bertz CT molecular complexity index is 1010. The number of ether oxygens (including phenoxy) is 2. The van der Waals surface area contributed by atoms with Crippen LogP contribution in [0.1, 0.15) is 22.8 Å². The normalized spacial score (nSPS) is 11.3. The molecule has 3 aromatic carbocycles. The average Bonchev–Trinajstić information content (AvgIpc) is 2.75. The molecular weight excluding hydrogens is 380 g/mol. The van der Waals surface area contributed by atoms with E-state index in [4.69, 9.17) is 9.47 Å². The van der Waals surface area contributed by atoms with E-state index in [1.807, 2.05) is 25.1 Å². The Morgan fingerprint density at radius 3 is 1.97 bits per heavy atom. The molecule has 0 aliphatic heterocycles. The van der Waals surface area contributed by atoms with Crippen LogP contribution in [0.4, 0.5) is 11.4 Å². The second kappa shape index (κ2) is 9.60. The third-order valence-electron chi connectivity index (χ3n) is 4.54. The van der Waals surface area contributed by atoms with Crippen molar-refractivity contribution < 1.29 is 19.1 Å². The number of benzene rings is 3. The third-order valence-corrected chi connectivity index (χ3v) is 4.54. The summed E-state index contributed by atoms with van der Waals surface area (Å²) in [5.41, 5.74) is 2.78. The Kier molecular flexibility index (Phi) is 6.70. The van der Waals surface area contributed by atoms with Gasteiger partial charge in [0.05, 0.1) is 7.11 Å². The molecule has 0 aliphatic rings. The molecule has 154 valence electrons. The lowest BCUT2D eigenvalue weighted by Gasteiger charge is -2.15. The van der Waals surface area contributed by atoms with E-state index in [1.165, 1.54) is 0 Å². The summed E-state index contributed by atoms with van der Waals surface area (Å²) < 4.78 is 10.8. The maximum atomic E-state index is 12.4. The van der Waals surface area contributed by atoms with Gasteiger partial charge in [0, 0.05) is 16.9 Å². The van der Waals surface area contributed by atoms with Crippen molar-refractivity contribution in [2.24, 2.45) is 0 Å². The first-order valence-corrected chi connectivity index (χ1v) is 9.55. The molecule has 3 rings (SSSR count). The van der Waals surface area contributed by atoms with Crippen molar-refractivity contribution in [3.05, 3.63) is 83.9 Å². The molecular formula is C24H24N2O4. The Morgan fingerprint density at radius 2 is 1.37 bits per heavy atom. The van der Waals surface area contributed by atoms with Crippen LogP contribution in [0.2, 0.25) is 0 Å². The first-order valence-electron chi connectivity index (χ1n) is 9.55. The van der Waals surface area contributed by atoms with Crippen LogP contribution in [0, 0.1) is 6.92 Å². The molecule has 30 heavy (non-hydrogen) atoms. The van der Waals surface area contributed by atoms with Crippen molar-refractivity contribution >= 4 is 23.2 Å². The van der Waals surface area contributed by atoms with Gasteiger partial charge in [0.1, 0.15) is 11.5 Å². The van der Waals surface area contributed by atoms with Crippen LogP contribution in [-0.2, 0) is 4.79 Å². The van der Waals surface area contributed by atoms with E-state index in [0.717, 1.165) is 5.56 Å². The Labute approximate surface area is 175 Å². The van der Waals surface area contributed by atoms with E-state index in [0.29, 0.717) is 28.4 Å². The minimum atomic E-state index is -0.682. The number of rotatable bonds is 7. The lowest BCUT2D eigenvalue weighted by Crippen LogP contribution is -2.30. The Balaban J connectivity index is 1.56. The molecule has 1 atom stereocenters. The highest BCUT2D eigenvalue weighted by Crippen LogP contribution is 2.19. The minimum absolute atomic E-state index is 0.175. The van der Waals surface area contributed by atoms with Gasteiger partial charge in [0.15, 0.2) is 6.10 Å². The van der Waals surface area contributed by atoms with Crippen molar-refractivity contribution in [1.82, 2.24) is 0 Å². The van der Waals surface area contributed by atoms with Gasteiger partial charge >= 0.3 is 0 Å². The zero-order chi connectivity index (χ0) is 21.5. The molecule has 0 radical (unpaired) electrons. The number of carbonyl (C=O) groups is 2. The molecule has 0 saturated heterocycles. The summed E-state index contributed by atoms with van der Waals surface area (Å²) in [5, 5.41) is 5.66. The molecule has 2 N–H and O–H groups in total. The van der Waals surface area contributed by atoms with E-state index < -0.39 is 6.10 Å². The van der Waals surface area contributed by atoms with Crippen LogP contribution in [0.25, 0.3) is 0 Å². The molecule has 3 aromatic rings. The van der Waals surface area contributed by atoms with Crippen molar-refractivity contribution in [2.75, 3.05) is 17.7 Å². The van der Waals surface area contributed by atoms with Gasteiger partial charge in [-0.15, -0.1) is 0 Å². The molecule has 0 fully saturated rings. The van der Waals surface area contributed by atoms with Gasteiger partial charge < -0.3 is 20.1 Å². The van der Waals surface area contributed by atoms with Crippen LogP contribution < -0.4 is 20.1 Å². The van der Waals surface area contributed by atoms with Crippen molar-refractivity contribution in [1.29, 1.82) is 0 Å². The summed E-state index contributed by atoms with van der Waals surface area (Å²) in [5.74, 6) is 0.843. The number of amides is 2. The van der Waals surface area contributed by atoms with Gasteiger partial charge in [0.25, 0.3) is 11.8 Å². The van der Waals surface area contributed by atoms with Crippen molar-refractivity contribution in [3.63, 3.8) is 0 Å². The van der Waals surface area contributed by atoms with E-state index in [-0.39, 0.29) is 11.8 Å². The molecule has 0 aliphatic carbocycles. The van der Waals surface area contributed by atoms with E-state index in [2.05, 4.69) is 10.6 Å². The number of hydrogen-bond donors (Lipinski definition) is 2. The van der Waals surface area contributed by atoms with Gasteiger partial charge in [-0.2, -0.15) is 0 Å². The summed E-state index contributed by atoms with van der Waals surface area (Å²) >= 11 is 0. The fraction of sp³-hybridized carbons (Fsp3) is 0.167. The second-order valence-corrected chi connectivity index (χ2v) is 6.77. The summed E-state index contributed by atoms with van der Waals surface area (Å²) in [4.78, 5) is 24.8. The molecule has 0 spiro atoms. The monoisotopic (exact) mass is 404 g/mol. The lowest BCUT2D eigenvalue weighted by atomic mass is 10.1. The number of methoxy groups -OCH3 is 1. The fourth-order valence-electron chi connectivity index (χ4n) is 2.82. The standard InChI is InChI=1S/C24H24N2O4/c1-16-6-4-5-7-22(16)24(28)26-19-10-8-18(9-11-19)25-23(27)17(2)30-21-14-12-20(29-3)13-15-21/h4-15,17H,1-3H3,(H,25,27)(H,26,28)/t17-/m1/s1. The summed E-state index contributed by atoms with van der Waals surface area (Å²) in [6, 6.07) is 21.3. The quantitative estimate of drug-likeness (QED) is 0.600. The lowest BCUT2D eigenvalue weighted by molar-refractivity contribution is -0.122. The number of carbonyl (C=O) groups excluding carboxylic acids is 2. The van der Waals surface area contributed by atoms with Gasteiger partial charge in [-0.05, 0) is 74.0 Å². The Hall–Kier alpha value is -3.80. The highest BCUT2D eigenvalue weighted by atomic mass is 16.5. The predicted molar refractivity (Wildman–Crippen MR) is 117 cm³/mol. The van der Waals surface area contributed by atoms with Crippen LogP contribution in [-0.4, -0.2) is 25.0 Å². The van der Waals surface area contributed by atoms with Crippen molar-refractivity contribution in [3.8, 4) is 11.5 Å². The van der Waals surface area contributed by atoms with Crippen molar-refractivity contribution in [2.45, 2.75) is 20.0 Å². The largest absolute Gasteiger partial charge is 0.497 e. The van der Waals surface area contributed by atoms with E-state index >= 15 is 0 Å². The van der Waals surface area contributed by atoms with Gasteiger partial charge in [-0.3, -0.25) is 9.59 Å². The SMILES string of the molecule is COc1ccc(O[C@H](C)C(=O)Nc2ccc(NC(=O)c3ccccc3C)cc2)cc1. The number of hydrogen-bond acceptors (Lipinski definition) is 4. The van der Waals surface area contributed by atoms with Crippen LogP contribution in [0.15, 0.2) is 72.8 Å².